The Morgan fingerprint density at radius 3 is 2.17 bits per heavy atom. The van der Waals surface area contributed by atoms with Gasteiger partial charge in [0.2, 0.25) is 0 Å². The molecule has 0 heterocycles. The topological polar surface area (TPSA) is 47.6 Å². The second kappa shape index (κ2) is 9.28. The quantitative estimate of drug-likeness (QED) is 0.552. The summed E-state index contributed by atoms with van der Waals surface area (Å²) in [6, 6.07) is 19.3. The number of anilines is 1. The molecule has 0 atom stereocenters. The molecular formula is C25H27NO3. The molecule has 150 valence electrons. The van der Waals surface area contributed by atoms with Crippen LogP contribution in [-0.4, -0.2) is 12.5 Å². The van der Waals surface area contributed by atoms with Crippen LogP contribution in [0, 0.1) is 20.8 Å². The number of carbonyl (C=O) groups excluding carboxylic acids is 1. The van der Waals surface area contributed by atoms with Gasteiger partial charge >= 0.3 is 0 Å². The Hall–Kier alpha value is -3.27. The second-order valence-electron chi connectivity index (χ2n) is 7.19. The van der Waals surface area contributed by atoms with Crippen LogP contribution in [0.15, 0.2) is 60.7 Å². The van der Waals surface area contributed by atoms with Crippen LogP contribution < -0.4 is 14.8 Å². The van der Waals surface area contributed by atoms with Crippen LogP contribution in [0.25, 0.3) is 0 Å². The van der Waals surface area contributed by atoms with E-state index in [4.69, 9.17) is 9.47 Å². The van der Waals surface area contributed by atoms with E-state index >= 15 is 0 Å². The van der Waals surface area contributed by atoms with Crippen molar-refractivity contribution in [1.82, 2.24) is 0 Å². The van der Waals surface area contributed by atoms with Crippen LogP contribution in [0.2, 0.25) is 0 Å². The predicted octanol–water partition coefficient (Wildman–Crippen LogP) is 5.84. The molecule has 0 aromatic heterocycles. The Kier molecular flexibility index (Phi) is 6.55. The largest absolute Gasteiger partial charge is 0.493 e. The van der Waals surface area contributed by atoms with Crippen molar-refractivity contribution < 1.29 is 14.3 Å². The third-order valence-electron chi connectivity index (χ3n) is 4.52. The van der Waals surface area contributed by atoms with Crippen molar-refractivity contribution >= 4 is 11.6 Å². The van der Waals surface area contributed by atoms with Gasteiger partial charge in [-0.25, -0.2) is 0 Å². The smallest absolute Gasteiger partial charge is 0.255 e. The van der Waals surface area contributed by atoms with E-state index in [-0.39, 0.29) is 5.91 Å². The molecule has 0 radical (unpaired) electrons. The van der Waals surface area contributed by atoms with E-state index < -0.39 is 0 Å². The zero-order valence-corrected chi connectivity index (χ0v) is 17.4. The number of amides is 1. The lowest BCUT2D eigenvalue weighted by molar-refractivity contribution is 0.102. The Morgan fingerprint density at radius 1 is 0.828 bits per heavy atom. The van der Waals surface area contributed by atoms with Crippen molar-refractivity contribution in [3.63, 3.8) is 0 Å². The summed E-state index contributed by atoms with van der Waals surface area (Å²) in [5.74, 6) is 1.35. The van der Waals surface area contributed by atoms with Crippen molar-refractivity contribution in [1.29, 1.82) is 0 Å². The summed E-state index contributed by atoms with van der Waals surface area (Å²) >= 11 is 0. The van der Waals surface area contributed by atoms with Crippen LogP contribution in [0.4, 0.5) is 5.69 Å². The van der Waals surface area contributed by atoms with Crippen molar-refractivity contribution in [3.05, 3.63) is 88.5 Å². The van der Waals surface area contributed by atoms with Gasteiger partial charge in [-0.05, 0) is 81.3 Å². The number of ether oxygens (including phenoxy) is 2. The van der Waals surface area contributed by atoms with Gasteiger partial charge in [0.1, 0.15) is 18.1 Å². The predicted molar refractivity (Wildman–Crippen MR) is 117 cm³/mol. The summed E-state index contributed by atoms with van der Waals surface area (Å²) in [5.41, 5.74) is 5.59. The van der Waals surface area contributed by atoms with E-state index in [0.717, 1.165) is 33.9 Å². The first-order valence-electron chi connectivity index (χ1n) is 9.79. The lowest BCUT2D eigenvalue weighted by Gasteiger charge is -2.14. The summed E-state index contributed by atoms with van der Waals surface area (Å²) < 4.78 is 11.6. The number of rotatable bonds is 7. The fourth-order valence-corrected chi connectivity index (χ4v) is 3.18. The van der Waals surface area contributed by atoms with Gasteiger partial charge in [-0.1, -0.05) is 23.8 Å². The SMILES string of the molecule is CCOc1ccc(C(=O)Nc2cc(C)cc(C)c2)cc1COc1ccc(C)cc1. The van der Waals surface area contributed by atoms with Crippen molar-refractivity contribution in [2.75, 3.05) is 11.9 Å². The van der Waals surface area contributed by atoms with E-state index in [1.807, 2.05) is 76.2 Å². The molecule has 3 rings (SSSR count). The number of aryl methyl sites for hydroxylation is 3. The van der Waals surface area contributed by atoms with E-state index in [1.54, 1.807) is 6.07 Å². The zero-order chi connectivity index (χ0) is 20.8. The molecule has 0 aliphatic carbocycles. The van der Waals surface area contributed by atoms with Crippen molar-refractivity contribution in [2.45, 2.75) is 34.3 Å². The van der Waals surface area contributed by atoms with Gasteiger partial charge in [-0.3, -0.25) is 4.79 Å². The maximum absolute atomic E-state index is 12.8. The first kappa shape index (κ1) is 20.5. The lowest BCUT2D eigenvalue weighted by Crippen LogP contribution is -2.13. The number of nitrogens with one attached hydrogen (secondary N) is 1. The Morgan fingerprint density at radius 2 is 1.52 bits per heavy atom. The average molecular weight is 389 g/mol. The van der Waals surface area contributed by atoms with Crippen LogP contribution >= 0.6 is 0 Å². The van der Waals surface area contributed by atoms with Gasteiger partial charge < -0.3 is 14.8 Å². The number of benzene rings is 3. The van der Waals surface area contributed by atoms with Crippen LogP contribution in [-0.2, 0) is 6.61 Å². The highest BCUT2D eigenvalue weighted by Crippen LogP contribution is 2.24. The van der Waals surface area contributed by atoms with Crippen molar-refractivity contribution in [3.8, 4) is 11.5 Å². The first-order chi connectivity index (χ1) is 13.9. The summed E-state index contributed by atoms with van der Waals surface area (Å²) in [5, 5.41) is 2.98. The highest BCUT2D eigenvalue weighted by Gasteiger charge is 2.12. The van der Waals surface area contributed by atoms with Gasteiger partial charge in [0.25, 0.3) is 5.91 Å². The molecule has 0 spiro atoms. The Bertz CT molecular complexity index is 973. The van der Waals surface area contributed by atoms with Gasteiger partial charge in [-0.2, -0.15) is 0 Å². The highest BCUT2D eigenvalue weighted by molar-refractivity contribution is 6.04. The van der Waals surface area contributed by atoms with Gasteiger partial charge in [-0.15, -0.1) is 0 Å². The lowest BCUT2D eigenvalue weighted by atomic mass is 10.1. The molecule has 0 saturated carbocycles. The normalized spacial score (nSPS) is 10.5. The third kappa shape index (κ3) is 5.61. The maximum atomic E-state index is 12.8. The second-order valence-corrected chi connectivity index (χ2v) is 7.19. The zero-order valence-electron chi connectivity index (χ0n) is 17.4. The maximum Gasteiger partial charge on any atom is 0.255 e. The fourth-order valence-electron chi connectivity index (χ4n) is 3.18. The minimum absolute atomic E-state index is 0.158. The number of hydrogen-bond donors (Lipinski definition) is 1. The molecule has 0 aliphatic heterocycles. The highest BCUT2D eigenvalue weighted by atomic mass is 16.5. The molecule has 0 saturated heterocycles. The first-order valence-corrected chi connectivity index (χ1v) is 9.79. The Balaban J connectivity index is 1.79. The van der Waals surface area contributed by atoms with Crippen LogP contribution in [0.5, 0.6) is 11.5 Å². The third-order valence-corrected chi connectivity index (χ3v) is 4.52. The molecule has 1 N–H and O–H groups in total. The summed E-state index contributed by atoms with van der Waals surface area (Å²) in [6.45, 7) is 8.87. The van der Waals surface area contributed by atoms with Crippen LogP contribution in [0.3, 0.4) is 0 Å². The standard InChI is InChI=1S/C25H27NO3/c1-5-28-24-11-8-20(25(27)26-22-13-18(3)12-19(4)14-22)15-21(24)16-29-23-9-6-17(2)7-10-23/h6-15H,5,16H2,1-4H3,(H,26,27). The average Bonchev–Trinajstić information content (AvgIpc) is 2.67. The van der Waals surface area contributed by atoms with Gasteiger partial charge in [0.05, 0.1) is 6.61 Å². The van der Waals surface area contributed by atoms with E-state index in [0.29, 0.717) is 18.8 Å². The molecule has 4 heteroatoms. The van der Waals surface area contributed by atoms with Gasteiger partial charge in [0.15, 0.2) is 0 Å². The summed E-state index contributed by atoms with van der Waals surface area (Å²) in [4.78, 5) is 12.8. The molecule has 3 aromatic carbocycles. The molecule has 0 bridgehead atoms. The van der Waals surface area contributed by atoms with E-state index in [2.05, 4.69) is 11.4 Å². The Labute approximate surface area is 172 Å². The molecule has 1 amide bonds. The fraction of sp³-hybridized carbons (Fsp3) is 0.240. The minimum Gasteiger partial charge on any atom is -0.493 e. The molecule has 0 fully saturated rings. The van der Waals surface area contributed by atoms with E-state index in [1.165, 1.54) is 5.56 Å². The summed E-state index contributed by atoms with van der Waals surface area (Å²) in [7, 11) is 0. The molecule has 3 aromatic rings. The molecule has 0 unspecified atom stereocenters. The van der Waals surface area contributed by atoms with Gasteiger partial charge in [0, 0.05) is 16.8 Å². The number of hydrogen-bond acceptors (Lipinski definition) is 3. The number of carbonyl (C=O) groups is 1. The van der Waals surface area contributed by atoms with Crippen LogP contribution in [0.1, 0.15) is 39.5 Å². The molecule has 4 nitrogen and oxygen atoms in total. The monoisotopic (exact) mass is 389 g/mol. The minimum atomic E-state index is -0.158. The molecular weight excluding hydrogens is 362 g/mol. The van der Waals surface area contributed by atoms with E-state index in [9.17, 15) is 4.79 Å². The summed E-state index contributed by atoms with van der Waals surface area (Å²) in [6.07, 6.45) is 0. The van der Waals surface area contributed by atoms with Crippen molar-refractivity contribution in [2.24, 2.45) is 0 Å². The molecule has 0 aliphatic rings. The molecule has 29 heavy (non-hydrogen) atoms.